The largest absolute Gasteiger partial charge is 0.493 e. The Kier molecular flexibility index (Phi) is 5.35. The lowest BCUT2D eigenvalue weighted by Crippen LogP contribution is -2.26. The molecule has 6 nitrogen and oxygen atoms in total. The molecule has 0 aromatic heterocycles. The normalized spacial score (nSPS) is 15.0. The average molecular weight is 369 g/mol. The van der Waals surface area contributed by atoms with Crippen LogP contribution in [0.4, 0.5) is 0 Å². The Labute approximate surface area is 158 Å². The zero-order valence-corrected chi connectivity index (χ0v) is 15.9. The summed E-state index contributed by atoms with van der Waals surface area (Å²) in [6, 6.07) is 8.63. The smallest absolute Gasteiger partial charge is 0.220 e. The van der Waals surface area contributed by atoms with E-state index in [0.29, 0.717) is 17.9 Å². The molecule has 142 valence electrons. The summed E-state index contributed by atoms with van der Waals surface area (Å²) in [7, 11) is 4.65. The maximum absolute atomic E-state index is 12.6. The van der Waals surface area contributed by atoms with Crippen molar-refractivity contribution >= 4 is 5.91 Å². The van der Waals surface area contributed by atoms with Gasteiger partial charge in [-0.2, -0.15) is 0 Å². The van der Waals surface area contributed by atoms with Crippen molar-refractivity contribution in [1.82, 2.24) is 5.32 Å². The van der Waals surface area contributed by atoms with Crippen molar-refractivity contribution in [2.75, 3.05) is 21.3 Å². The van der Waals surface area contributed by atoms with Gasteiger partial charge in [-0.05, 0) is 47.7 Å². The highest BCUT2D eigenvalue weighted by atomic mass is 16.5. The monoisotopic (exact) mass is 369 g/mol. The predicted molar refractivity (Wildman–Crippen MR) is 103 cm³/mol. The van der Waals surface area contributed by atoms with Gasteiger partial charge in [-0.1, -0.05) is 12.1 Å². The van der Waals surface area contributed by atoms with Crippen LogP contribution in [0.5, 0.6) is 17.2 Å². The zero-order valence-electron chi connectivity index (χ0n) is 15.9. The Morgan fingerprint density at radius 2 is 1.74 bits per heavy atom. The van der Waals surface area contributed by atoms with Crippen molar-refractivity contribution in [2.45, 2.75) is 25.8 Å². The molecule has 0 spiro atoms. The first kappa shape index (κ1) is 18.8. The molecule has 0 aliphatic heterocycles. The lowest BCUT2D eigenvalue weighted by Gasteiger charge is -2.18. The molecule has 0 heterocycles. The molecule has 3 rings (SSSR count). The van der Waals surface area contributed by atoms with E-state index in [0.717, 1.165) is 28.7 Å². The summed E-state index contributed by atoms with van der Waals surface area (Å²) >= 11 is 0. The number of hydrogen-bond acceptors (Lipinski definition) is 5. The summed E-state index contributed by atoms with van der Waals surface area (Å²) < 4.78 is 16.3. The second-order valence-electron chi connectivity index (χ2n) is 6.41. The minimum atomic E-state index is -0.287. The van der Waals surface area contributed by atoms with Gasteiger partial charge in [-0.15, -0.1) is 0 Å². The molecule has 27 heavy (non-hydrogen) atoms. The third-order valence-electron chi connectivity index (χ3n) is 4.82. The number of rotatable bonds is 4. The average Bonchev–Trinajstić information content (AvgIpc) is 2.90. The summed E-state index contributed by atoms with van der Waals surface area (Å²) in [6.07, 6.45) is 1.39. The Morgan fingerprint density at radius 3 is 2.37 bits per heavy atom. The van der Waals surface area contributed by atoms with E-state index in [1.807, 2.05) is 18.2 Å². The van der Waals surface area contributed by atoms with Crippen LogP contribution in [0.3, 0.4) is 0 Å². The second-order valence-corrected chi connectivity index (χ2v) is 6.41. The van der Waals surface area contributed by atoms with Crippen LogP contribution in [-0.2, 0) is 11.2 Å². The standard InChI is InChI=1S/C21H23NO5/c1-12(23)22-16-8-5-13-6-9-19(26-3)21(27-4)20(13)14-7-10-18(25-2)17(24)11-15(14)16/h6-7,9-11,16H,5,8H2,1-4H3,(H,22,23)/t16-/m0/s1. The van der Waals surface area contributed by atoms with Crippen molar-refractivity contribution in [3.63, 3.8) is 0 Å². The van der Waals surface area contributed by atoms with Crippen LogP contribution in [0.25, 0.3) is 11.1 Å². The minimum absolute atomic E-state index is 0.146. The summed E-state index contributed by atoms with van der Waals surface area (Å²) in [5.74, 6) is 1.32. The highest BCUT2D eigenvalue weighted by molar-refractivity contribution is 5.81. The van der Waals surface area contributed by atoms with Crippen molar-refractivity contribution in [3.8, 4) is 28.4 Å². The van der Waals surface area contributed by atoms with E-state index in [1.54, 1.807) is 26.4 Å². The van der Waals surface area contributed by atoms with E-state index in [4.69, 9.17) is 14.2 Å². The van der Waals surface area contributed by atoms with Gasteiger partial charge in [0.1, 0.15) is 0 Å². The quantitative estimate of drug-likeness (QED) is 0.897. The first-order valence-corrected chi connectivity index (χ1v) is 8.73. The third-order valence-corrected chi connectivity index (χ3v) is 4.82. The predicted octanol–water partition coefficient (Wildman–Crippen LogP) is 2.86. The Balaban J connectivity index is 2.38. The number of methoxy groups -OCH3 is 3. The minimum Gasteiger partial charge on any atom is -0.493 e. The molecule has 0 bridgehead atoms. The second kappa shape index (κ2) is 7.70. The Hall–Kier alpha value is -3.02. The fourth-order valence-corrected chi connectivity index (χ4v) is 3.63. The number of carbonyl (C=O) groups is 1. The van der Waals surface area contributed by atoms with E-state index < -0.39 is 0 Å². The fraction of sp³-hybridized carbons (Fsp3) is 0.333. The van der Waals surface area contributed by atoms with Crippen LogP contribution < -0.4 is 25.0 Å². The Morgan fingerprint density at radius 1 is 1.04 bits per heavy atom. The number of aryl methyl sites for hydroxylation is 1. The lowest BCUT2D eigenvalue weighted by molar-refractivity contribution is -0.119. The van der Waals surface area contributed by atoms with Gasteiger partial charge in [0.25, 0.3) is 0 Å². The molecule has 1 N–H and O–H groups in total. The van der Waals surface area contributed by atoms with Gasteiger partial charge in [0.15, 0.2) is 17.2 Å². The molecule has 0 saturated heterocycles. The number of amides is 1. The highest BCUT2D eigenvalue weighted by Gasteiger charge is 2.27. The first-order chi connectivity index (χ1) is 13.0. The van der Waals surface area contributed by atoms with Gasteiger partial charge in [-0.3, -0.25) is 9.59 Å². The van der Waals surface area contributed by atoms with Crippen LogP contribution in [0.2, 0.25) is 0 Å². The topological polar surface area (TPSA) is 73.9 Å². The van der Waals surface area contributed by atoms with Gasteiger partial charge in [-0.25, -0.2) is 0 Å². The van der Waals surface area contributed by atoms with E-state index in [2.05, 4.69) is 5.32 Å². The molecular weight excluding hydrogens is 346 g/mol. The molecule has 0 unspecified atom stereocenters. The number of nitrogens with one attached hydrogen (secondary N) is 1. The van der Waals surface area contributed by atoms with Crippen LogP contribution in [-0.4, -0.2) is 27.2 Å². The van der Waals surface area contributed by atoms with Gasteiger partial charge < -0.3 is 19.5 Å². The summed E-state index contributed by atoms with van der Waals surface area (Å²) in [4.78, 5) is 24.3. The molecule has 1 aliphatic rings. The molecule has 0 radical (unpaired) electrons. The highest BCUT2D eigenvalue weighted by Crippen LogP contribution is 2.45. The number of ether oxygens (including phenoxy) is 3. The van der Waals surface area contributed by atoms with Crippen molar-refractivity contribution in [2.24, 2.45) is 0 Å². The van der Waals surface area contributed by atoms with E-state index >= 15 is 0 Å². The zero-order chi connectivity index (χ0) is 19.6. The molecule has 0 fully saturated rings. The van der Waals surface area contributed by atoms with Gasteiger partial charge >= 0.3 is 0 Å². The fourth-order valence-electron chi connectivity index (χ4n) is 3.63. The van der Waals surface area contributed by atoms with Crippen LogP contribution >= 0.6 is 0 Å². The van der Waals surface area contributed by atoms with Crippen molar-refractivity contribution in [1.29, 1.82) is 0 Å². The molecule has 1 atom stereocenters. The first-order valence-electron chi connectivity index (χ1n) is 8.73. The van der Waals surface area contributed by atoms with Gasteiger partial charge in [0, 0.05) is 12.5 Å². The molecular formula is C21H23NO5. The van der Waals surface area contributed by atoms with E-state index in [1.165, 1.54) is 14.0 Å². The number of hydrogen-bond donors (Lipinski definition) is 1. The van der Waals surface area contributed by atoms with E-state index in [9.17, 15) is 9.59 Å². The van der Waals surface area contributed by atoms with Crippen LogP contribution in [0.1, 0.15) is 30.5 Å². The maximum atomic E-state index is 12.6. The maximum Gasteiger partial charge on any atom is 0.220 e. The van der Waals surface area contributed by atoms with E-state index in [-0.39, 0.29) is 23.1 Å². The Bertz CT molecular complexity index is 938. The van der Waals surface area contributed by atoms with Crippen molar-refractivity contribution < 1.29 is 19.0 Å². The summed E-state index contributed by atoms with van der Waals surface area (Å²) in [5, 5.41) is 2.97. The van der Waals surface area contributed by atoms with Crippen LogP contribution in [0.15, 0.2) is 35.1 Å². The molecule has 0 saturated carbocycles. The van der Waals surface area contributed by atoms with Gasteiger partial charge in [0.2, 0.25) is 11.3 Å². The third kappa shape index (κ3) is 3.47. The number of benzene rings is 1. The molecule has 2 aromatic rings. The number of carbonyl (C=O) groups excluding carboxylic acids is 1. The summed E-state index contributed by atoms with van der Waals surface area (Å²) in [6.45, 7) is 1.48. The molecule has 2 aromatic carbocycles. The molecule has 1 aliphatic carbocycles. The SMILES string of the molecule is COc1ccc2c(c1OC)-c1ccc(OC)c(=O)cc1[C@@H](NC(C)=O)CC2. The number of fused-ring (bicyclic) bond motifs is 3. The lowest BCUT2D eigenvalue weighted by atomic mass is 9.96. The van der Waals surface area contributed by atoms with Gasteiger partial charge in [0.05, 0.1) is 27.4 Å². The molecule has 1 amide bonds. The van der Waals surface area contributed by atoms with Crippen LogP contribution in [0, 0.1) is 0 Å². The van der Waals surface area contributed by atoms with Crippen molar-refractivity contribution in [3.05, 3.63) is 51.7 Å². The summed E-state index contributed by atoms with van der Waals surface area (Å²) in [5.41, 5.74) is 3.26. The molecule has 6 heteroatoms.